The zero-order valence-electron chi connectivity index (χ0n) is 17.4. The maximum atomic E-state index is 12.1. The number of fused-ring (bicyclic) bond motifs is 3. The van der Waals surface area contributed by atoms with E-state index in [0.29, 0.717) is 23.7 Å². The monoisotopic (exact) mass is 389 g/mol. The molecule has 0 unspecified atom stereocenters. The summed E-state index contributed by atoms with van der Waals surface area (Å²) in [5.74, 6) is 3.33. The van der Waals surface area contributed by atoms with Gasteiger partial charge in [-0.2, -0.15) is 11.8 Å². The molecule has 3 nitrogen and oxygen atoms in total. The van der Waals surface area contributed by atoms with Gasteiger partial charge in [0.25, 0.3) is 0 Å². The standard InChI is InChI=1S/C23H35NO2S/c1-15(25)26-20-17(14-27-5)16-7-11-23(20)12-8-18-21(2,19(23)13-16)9-6-10-22(18,3)24-4/h16-20H,6-14H2,1-3,5H3/t16-,17-,18-,19-,20+,21+,22+,23-/m0/s1. The van der Waals surface area contributed by atoms with E-state index in [4.69, 9.17) is 11.3 Å². The van der Waals surface area contributed by atoms with Crippen LogP contribution in [0.25, 0.3) is 4.85 Å². The molecule has 5 aliphatic carbocycles. The molecular formula is C23H35NO2S. The first-order valence-corrected chi connectivity index (χ1v) is 12.2. The predicted octanol–water partition coefficient (Wildman–Crippen LogP) is 5.59. The van der Waals surface area contributed by atoms with Crippen LogP contribution >= 0.6 is 11.8 Å². The minimum Gasteiger partial charge on any atom is -0.462 e. The van der Waals surface area contributed by atoms with Crippen molar-refractivity contribution in [3.8, 4) is 0 Å². The van der Waals surface area contributed by atoms with Gasteiger partial charge in [-0.25, -0.2) is 6.57 Å². The van der Waals surface area contributed by atoms with Crippen LogP contribution in [0.5, 0.6) is 0 Å². The molecule has 8 atom stereocenters. The lowest BCUT2D eigenvalue weighted by molar-refractivity contribution is -0.239. The molecule has 0 N–H and O–H groups in total. The first-order valence-electron chi connectivity index (χ1n) is 10.9. The van der Waals surface area contributed by atoms with E-state index in [-0.39, 0.29) is 28.4 Å². The second-order valence-corrected chi connectivity index (χ2v) is 11.3. The average Bonchev–Trinajstić information content (AvgIpc) is 2.63. The number of esters is 1. The molecule has 0 radical (unpaired) electrons. The fourth-order valence-electron chi connectivity index (χ4n) is 8.34. The quantitative estimate of drug-likeness (QED) is 0.465. The Morgan fingerprint density at radius 3 is 2.59 bits per heavy atom. The third-order valence-electron chi connectivity index (χ3n) is 9.32. The van der Waals surface area contributed by atoms with Crippen molar-refractivity contribution in [1.29, 1.82) is 0 Å². The highest BCUT2D eigenvalue weighted by Crippen LogP contribution is 2.72. The number of hydrogen-bond donors (Lipinski definition) is 0. The highest BCUT2D eigenvalue weighted by Gasteiger charge is 2.70. The number of ether oxygens (including phenoxy) is 1. The number of thioether (sulfide) groups is 1. The van der Waals surface area contributed by atoms with Gasteiger partial charge in [-0.15, -0.1) is 0 Å². The van der Waals surface area contributed by atoms with Crippen LogP contribution in [0.15, 0.2) is 0 Å². The molecule has 0 heterocycles. The Bertz CT molecular complexity index is 659. The second kappa shape index (κ2) is 6.68. The molecule has 0 amide bonds. The van der Waals surface area contributed by atoms with Gasteiger partial charge in [0.15, 0.2) is 0 Å². The van der Waals surface area contributed by atoms with Gasteiger partial charge in [0.2, 0.25) is 5.54 Å². The van der Waals surface area contributed by atoms with Crippen molar-refractivity contribution in [3.63, 3.8) is 0 Å². The fraction of sp³-hybridized carbons (Fsp3) is 0.913. The summed E-state index contributed by atoms with van der Waals surface area (Å²) >= 11 is 1.91. The summed E-state index contributed by atoms with van der Waals surface area (Å²) in [4.78, 5) is 16.2. The lowest BCUT2D eigenvalue weighted by Crippen LogP contribution is -2.67. The third kappa shape index (κ3) is 2.70. The van der Waals surface area contributed by atoms with Crippen LogP contribution < -0.4 is 0 Å². The van der Waals surface area contributed by atoms with Crippen molar-refractivity contribution in [2.24, 2.45) is 34.5 Å². The summed E-state index contributed by atoms with van der Waals surface area (Å²) < 4.78 is 6.14. The number of hydrogen-bond acceptors (Lipinski definition) is 3. The Kier molecular flexibility index (Phi) is 4.86. The largest absolute Gasteiger partial charge is 0.462 e. The van der Waals surface area contributed by atoms with Gasteiger partial charge in [0.1, 0.15) is 6.10 Å². The maximum absolute atomic E-state index is 12.1. The van der Waals surface area contributed by atoms with Crippen LogP contribution in [0.4, 0.5) is 0 Å². The highest BCUT2D eigenvalue weighted by atomic mass is 32.2. The minimum absolute atomic E-state index is 0.0962. The Balaban J connectivity index is 1.75. The molecule has 0 saturated heterocycles. The van der Waals surface area contributed by atoms with E-state index in [1.807, 2.05) is 11.8 Å². The van der Waals surface area contributed by atoms with E-state index < -0.39 is 0 Å². The zero-order valence-corrected chi connectivity index (χ0v) is 18.2. The molecule has 5 fully saturated rings. The minimum atomic E-state index is -0.194. The van der Waals surface area contributed by atoms with Crippen LogP contribution in [0.1, 0.15) is 72.1 Å². The Hall–Kier alpha value is -0.690. The van der Waals surface area contributed by atoms with E-state index in [1.54, 1.807) is 6.92 Å². The van der Waals surface area contributed by atoms with E-state index >= 15 is 0 Å². The molecule has 5 saturated carbocycles. The topological polar surface area (TPSA) is 30.7 Å². The smallest absolute Gasteiger partial charge is 0.302 e. The fourth-order valence-corrected chi connectivity index (χ4v) is 9.18. The molecule has 0 aromatic rings. The number of carbonyl (C=O) groups excluding carboxylic acids is 1. The van der Waals surface area contributed by atoms with E-state index in [1.165, 1.54) is 32.1 Å². The lowest BCUT2D eigenvalue weighted by atomic mass is 9.36. The Labute approximate surface area is 169 Å². The van der Waals surface area contributed by atoms with Gasteiger partial charge < -0.3 is 9.58 Å². The summed E-state index contributed by atoms with van der Waals surface area (Å²) in [6.07, 6.45) is 11.9. The van der Waals surface area contributed by atoms with Gasteiger partial charge in [-0.3, -0.25) is 4.79 Å². The molecule has 0 aliphatic heterocycles. The summed E-state index contributed by atoms with van der Waals surface area (Å²) in [5, 5.41) is 0. The number of rotatable bonds is 3. The van der Waals surface area contributed by atoms with Crippen molar-refractivity contribution in [1.82, 2.24) is 0 Å². The molecule has 5 rings (SSSR count). The van der Waals surface area contributed by atoms with Crippen LogP contribution in [0, 0.1) is 41.1 Å². The SMILES string of the molecule is [C-]#[N+][C@]1(C)CCC[C@@]2(C)[C@@H]3C[C@@H]4CC[C@@]3(CC[C@@H]21)[C@H](OC(C)=O)[C@H]4CSC. The lowest BCUT2D eigenvalue weighted by Gasteiger charge is -2.69. The van der Waals surface area contributed by atoms with E-state index in [2.05, 4.69) is 24.9 Å². The van der Waals surface area contributed by atoms with Gasteiger partial charge in [0.05, 0.1) is 0 Å². The molecule has 2 bridgehead atoms. The van der Waals surface area contributed by atoms with Gasteiger partial charge >= 0.3 is 5.97 Å². The summed E-state index contributed by atoms with van der Waals surface area (Å²) in [6, 6.07) is 0. The molecule has 5 aliphatic rings. The average molecular weight is 390 g/mol. The Morgan fingerprint density at radius 2 is 1.93 bits per heavy atom. The normalized spacial score (nSPS) is 51.0. The van der Waals surface area contributed by atoms with Gasteiger partial charge in [-0.1, -0.05) is 6.92 Å². The molecule has 0 aromatic carbocycles. The molecule has 1 spiro atoms. The van der Waals surface area contributed by atoms with Crippen molar-refractivity contribution in [2.45, 2.75) is 83.8 Å². The van der Waals surface area contributed by atoms with Crippen LogP contribution in [-0.4, -0.2) is 29.6 Å². The summed E-state index contributed by atoms with van der Waals surface area (Å²) in [6.45, 7) is 14.2. The number of nitrogens with zero attached hydrogens (tertiary/aromatic N) is 1. The predicted molar refractivity (Wildman–Crippen MR) is 110 cm³/mol. The van der Waals surface area contributed by atoms with Crippen LogP contribution in [-0.2, 0) is 9.53 Å². The first kappa shape index (κ1) is 19.6. The second-order valence-electron chi connectivity index (χ2n) is 10.4. The Morgan fingerprint density at radius 1 is 1.19 bits per heavy atom. The van der Waals surface area contributed by atoms with Gasteiger partial charge in [0, 0.05) is 37.5 Å². The van der Waals surface area contributed by atoms with Crippen LogP contribution in [0.3, 0.4) is 0 Å². The van der Waals surface area contributed by atoms with E-state index in [0.717, 1.165) is 25.0 Å². The maximum Gasteiger partial charge on any atom is 0.302 e. The molecule has 0 aromatic heterocycles. The zero-order chi connectivity index (χ0) is 19.4. The number of carbonyl (C=O) groups is 1. The van der Waals surface area contributed by atoms with Gasteiger partial charge in [-0.05, 0) is 74.2 Å². The van der Waals surface area contributed by atoms with Crippen molar-refractivity contribution in [3.05, 3.63) is 11.4 Å². The van der Waals surface area contributed by atoms with Crippen molar-refractivity contribution >= 4 is 17.7 Å². The first-order chi connectivity index (χ1) is 12.8. The van der Waals surface area contributed by atoms with E-state index in [9.17, 15) is 4.79 Å². The summed E-state index contributed by atoms with van der Waals surface area (Å²) in [7, 11) is 0. The molecule has 27 heavy (non-hydrogen) atoms. The van der Waals surface area contributed by atoms with Crippen molar-refractivity contribution in [2.75, 3.05) is 12.0 Å². The molecular weight excluding hydrogens is 354 g/mol. The molecule has 4 heteroatoms. The summed E-state index contributed by atoms with van der Waals surface area (Å²) in [5.41, 5.74) is 0.199. The van der Waals surface area contributed by atoms with Crippen molar-refractivity contribution < 1.29 is 9.53 Å². The van der Waals surface area contributed by atoms with Crippen LogP contribution in [0.2, 0.25) is 0 Å². The highest BCUT2D eigenvalue weighted by molar-refractivity contribution is 7.98. The third-order valence-corrected chi connectivity index (χ3v) is 10.0. The molecule has 150 valence electrons.